The van der Waals surface area contributed by atoms with Crippen LogP contribution in [-0.4, -0.2) is 197 Å². The van der Waals surface area contributed by atoms with E-state index < -0.39 is 136 Å². The molecule has 0 aromatic rings. The molecule has 67 heavy (non-hydrogen) atoms. The molecule has 19 heteroatoms. The van der Waals surface area contributed by atoms with E-state index in [9.17, 15) is 66.1 Å². The number of rotatable bonds is 14. The molecule has 12 N–H and O–H groups in total. The van der Waals surface area contributed by atoms with Gasteiger partial charge >= 0.3 is 0 Å². The summed E-state index contributed by atoms with van der Waals surface area (Å²) in [5, 5.41) is 131. The summed E-state index contributed by atoms with van der Waals surface area (Å²) in [7, 11) is 0. The van der Waals surface area contributed by atoms with Crippen LogP contribution >= 0.6 is 0 Å². The van der Waals surface area contributed by atoms with Crippen molar-refractivity contribution in [2.45, 2.75) is 217 Å². The Morgan fingerprint density at radius 3 is 1.78 bits per heavy atom. The predicted octanol–water partition coefficient (Wildman–Crippen LogP) is -1.16. The molecule has 5 aliphatic carbocycles. The molecule has 0 amide bonds. The van der Waals surface area contributed by atoms with Gasteiger partial charge < -0.3 is 89.7 Å². The first-order valence-electron chi connectivity index (χ1n) is 24.8. The Morgan fingerprint density at radius 2 is 1.16 bits per heavy atom. The lowest BCUT2D eigenvalue weighted by molar-refractivity contribution is -0.392. The van der Waals surface area contributed by atoms with Gasteiger partial charge in [0.05, 0.1) is 38.1 Å². The summed E-state index contributed by atoms with van der Waals surface area (Å²) in [6.07, 6.45) is -20.9. The van der Waals surface area contributed by atoms with E-state index in [0.717, 1.165) is 25.7 Å². The third-order valence-corrected chi connectivity index (χ3v) is 19.6. The second-order valence-corrected chi connectivity index (χ2v) is 23.3. The minimum Gasteiger partial charge on any atom is -0.394 e. The number of ether oxygens (including phenoxy) is 6. The molecule has 19 nitrogen and oxygen atoms in total. The van der Waals surface area contributed by atoms with Gasteiger partial charge in [0.15, 0.2) is 18.9 Å². The van der Waals surface area contributed by atoms with E-state index >= 15 is 0 Å². The van der Waals surface area contributed by atoms with Crippen LogP contribution in [0.4, 0.5) is 0 Å². The van der Waals surface area contributed by atoms with Crippen molar-refractivity contribution in [2.24, 2.45) is 56.7 Å². The van der Waals surface area contributed by atoms with E-state index in [1.807, 2.05) is 13.8 Å². The van der Waals surface area contributed by atoms with Gasteiger partial charge in [-0.3, -0.25) is 4.79 Å². The monoisotopic (exact) mass is 961 g/mol. The number of Topliss-reactive ketones (excluding diaryl/α,β-unsaturated/α-hetero) is 1. The molecule has 0 radical (unpaired) electrons. The Balaban J connectivity index is 0.991. The van der Waals surface area contributed by atoms with Crippen LogP contribution < -0.4 is 0 Å². The van der Waals surface area contributed by atoms with Crippen LogP contribution in [0.15, 0.2) is 0 Å². The third kappa shape index (κ3) is 8.04. The maximum absolute atomic E-state index is 12.7. The highest BCUT2D eigenvalue weighted by molar-refractivity contribution is 5.80. The average molecular weight is 961 g/mol. The second-order valence-electron chi connectivity index (χ2n) is 23.3. The largest absolute Gasteiger partial charge is 0.394 e. The summed E-state index contributed by atoms with van der Waals surface area (Å²) >= 11 is 0. The summed E-state index contributed by atoms with van der Waals surface area (Å²) < 4.78 is 35.9. The zero-order valence-corrected chi connectivity index (χ0v) is 40.0. The van der Waals surface area contributed by atoms with Crippen molar-refractivity contribution in [1.29, 1.82) is 0 Å². The molecule has 0 aromatic heterocycles. The van der Waals surface area contributed by atoms with Crippen LogP contribution in [-0.2, 0) is 33.2 Å². The lowest BCUT2D eigenvalue weighted by Crippen LogP contribution is -2.67. The number of fused-ring (bicyclic) bond motifs is 2. The maximum Gasteiger partial charge on any atom is 0.187 e. The number of aliphatic hydroxyl groups is 12. The van der Waals surface area contributed by atoms with E-state index in [1.54, 1.807) is 0 Å². The molecule has 8 aliphatic rings. The Hall–Kier alpha value is -1.05. The zero-order chi connectivity index (χ0) is 49.1. The molecule has 8 fully saturated rings. The van der Waals surface area contributed by atoms with Crippen LogP contribution in [0.25, 0.3) is 0 Å². The zero-order valence-electron chi connectivity index (χ0n) is 40.0. The molecule has 3 heterocycles. The van der Waals surface area contributed by atoms with Crippen molar-refractivity contribution in [3.63, 3.8) is 0 Å². The first-order valence-corrected chi connectivity index (χ1v) is 24.8. The molecule has 3 aliphatic heterocycles. The summed E-state index contributed by atoms with van der Waals surface area (Å²) in [5.74, 6) is 0.523. The molecule has 8 rings (SSSR count). The highest BCUT2D eigenvalue weighted by Crippen LogP contribution is 2.89. The number of carbonyl (C=O) groups is 1. The number of hydrogen-bond acceptors (Lipinski definition) is 19. The Morgan fingerprint density at radius 1 is 0.612 bits per heavy atom. The second kappa shape index (κ2) is 18.8. The minimum absolute atomic E-state index is 0.0394. The highest BCUT2D eigenvalue weighted by Gasteiger charge is 2.85. The molecule has 0 bridgehead atoms. The van der Waals surface area contributed by atoms with Gasteiger partial charge in [-0.05, 0) is 96.7 Å². The quantitative estimate of drug-likeness (QED) is 0.0914. The van der Waals surface area contributed by atoms with E-state index in [2.05, 4.69) is 34.6 Å². The van der Waals surface area contributed by atoms with Crippen molar-refractivity contribution in [1.82, 2.24) is 0 Å². The van der Waals surface area contributed by atoms with Crippen molar-refractivity contribution in [3.8, 4) is 0 Å². The van der Waals surface area contributed by atoms with Crippen LogP contribution in [0.2, 0.25) is 0 Å². The first kappa shape index (κ1) is 52.3. The summed E-state index contributed by atoms with van der Waals surface area (Å²) in [5.41, 5.74) is -1.63. The van der Waals surface area contributed by atoms with Gasteiger partial charge in [0.1, 0.15) is 79.0 Å². The smallest absolute Gasteiger partial charge is 0.187 e. The van der Waals surface area contributed by atoms with Crippen LogP contribution in [0, 0.1) is 56.7 Å². The van der Waals surface area contributed by atoms with Crippen molar-refractivity contribution < 1.29 is 94.5 Å². The number of hydrogen-bond donors (Lipinski definition) is 12. The number of ketones is 1. The van der Waals surface area contributed by atoms with Gasteiger partial charge in [-0.2, -0.15) is 0 Å². The molecule has 3 saturated heterocycles. The van der Waals surface area contributed by atoms with Crippen molar-refractivity contribution >= 4 is 5.78 Å². The van der Waals surface area contributed by atoms with Crippen molar-refractivity contribution in [3.05, 3.63) is 0 Å². The van der Waals surface area contributed by atoms with E-state index in [4.69, 9.17) is 28.4 Å². The molecular weight excluding hydrogens is 881 g/mol. The number of carbonyl (C=O) groups excluding carboxylic acids is 1. The molecule has 0 aromatic carbocycles. The first-order chi connectivity index (χ1) is 31.4. The molecule has 0 unspecified atom stereocenters. The topological polar surface area (TPSA) is 315 Å². The average Bonchev–Trinajstić information content (AvgIpc) is 3.92. The maximum atomic E-state index is 12.7. The van der Waals surface area contributed by atoms with E-state index in [-0.39, 0.29) is 57.0 Å². The summed E-state index contributed by atoms with van der Waals surface area (Å²) in [6, 6.07) is 0. The predicted molar refractivity (Wildman–Crippen MR) is 232 cm³/mol. The fourth-order valence-electron chi connectivity index (χ4n) is 15.9. The SMILES string of the molecule is CC(C)C(=O)CC[C@@H](C)[C@H]1[C@@H](O)C[C@@]2(C)[C@@H]3CC[C@H]4C(C)(C)[C@@H](O[C@@H]5O[C@H](CO)[C@@H](O)[C@H](O[C@@H]6O[C@H](CO)[C@@H](O)[C@H](O)[C@H]6O[C@@H]6O[C@H](CO)[C@@H](O)[C@H](O)[C@H]6O)[C@H]5O)CC[C@@]45C[C@@]35[C@H](O)C[C@]12C. The fourth-order valence-corrected chi connectivity index (χ4v) is 15.9. The lowest BCUT2D eigenvalue weighted by atomic mass is 9.41. The molecule has 2 spiro atoms. The van der Waals surface area contributed by atoms with Crippen LogP contribution in [0.1, 0.15) is 106 Å². The fraction of sp³-hybridized carbons (Fsp3) is 0.979. The summed E-state index contributed by atoms with van der Waals surface area (Å²) in [4.78, 5) is 12.7. The van der Waals surface area contributed by atoms with E-state index in [1.165, 1.54) is 0 Å². The number of aliphatic hydroxyl groups excluding tert-OH is 12. The van der Waals surface area contributed by atoms with Gasteiger partial charge in [0, 0.05) is 17.8 Å². The molecule has 386 valence electrons. The van der Waals surface area contributed by atoms with Gasteiger partial charge in [-0.1, -0.05) is 48.5 Å². The normalized spacial score (nSPS) is 54.1. The minimum atomic E-state index is -1.92. The lowest BCUT2D eigenvalue weighted by Gasteiger charge is -2.64. The molecule has 5 saturated carbocycles. The standard InChI is InChI=1S/C48H80O19/c1-20(2)22(52)9-8-21(3)31-23(53)14-45(6)28-11-10-27-44(4,5)30(12-13-47(27)19-48(28,47)29(54)15-46(31,45)7)65-42-38(61)39(34(57)26(18-51)63-42)66-43-40(36(59)33(56)25(17-50)64-43)67-41-37(60)35(58)32(55)24(16-49)62-41/h20-21,23-43,49-51,53-61H,8-19H2,1-7H3/t21-,23+,24-,25-,26-,27+,28+,29-,30+,31+,32-,33-,34-,35+,36+,37-,38-,39+,40-,41+,42+,43+,45+,46-,47-,48+/m1/s1. The van der Waals surface area contributed by atoms with Gasteiger partial charge in [-0.25, -0.2) is 0 Å². The highest BCUT2D eigenvalue weighted by atomic mass is 16.8. The van der Waals surface area contributed by atoms with Crippen LogP contribution in [0.5, 0.6) is 0 Å². The Labute approximate surface area is 392 Å². The van der Waals surface area contributed by atoms with E-state index in [0.29, 0.717) is 32.1 Å². The molecular formula is C48H80O19. The van der Waals surface area contributed by atoms with Crippen LogP contribution in [0.3, 0.4) is 0 Å². The Bertz CT molecular complexity index is 1750. The van der Waals surface area contributed by atoms with Gasteiger partial charge in [0.2, 0.25) is 0 Å². The summed E-state index contributed by atoms with van der Waals surface area (Å²) in [6.45, 7) is 12.5. The Kier molecular flexibility index (Phi) is 14.6. The molecule has 26 atom stereocenters. The van der Waals surface area contributed by atoms with Crippen molar-refractivity contribution in [2.75, 3.05) is 19.8 Å². The third-order valence-electron chi connectivity index (χ3n) is 19.6. The van der Waals surface area contributed by atoms with Gasteiger partial charge in [0.25, 0.3) is 0 Å². The van der Waals surface area contributed by atoms with Gasteiger partial charge in [-0.15, -0.1) is 0 Å².